The Morgan fingerprint density at radius 2 is 1.95 bits per heavy atom. The summed E-state index contributed by atoms with van der Waals surface area (Å²) < 4.78 is 0. The molecule has 7 nitrogen and oxygen atoms in total. The van der Waals surface area contributed by atoms with Crippen molar-refractivity contribution < 1.29 is 9.72 Å². The van der Waals surface area contributed by atoms with E-state index in [1.54, 1.807) is 19.2 Å². The number of nitrogens with zero attached hydrogens (tertiary/aromatic N) is 3. The number of hydrogen-bond acceptors (Lipinski definition) is 5. The number of hydrogen-bond donors (Lipinski definition) is 1. The van der Waals surface area contributed by atoms with Crippen LogP contribution in [0.3, 0.4) is 0 Å². The third kappa shape index (κ3) is 2.97. The summed E-state index contributed by atoms with van der Waals surface area (Å²) in [7, 11) is 1.55. The molecule has 0 aliphatic heterocycles. The number of nitro groups is 1. The first kappa shape index (κ1) is 14.4. The quantitative estimate of drug-likeness (QED) is 0.688. The van der Waals surface area contributed by atoms with Gasteiger partial charge in [0.2, 0.25) is 0 Å². The number of carbonyl (C=O) groups excluding carboxylic acids is 1. The summed E-state index contributed by atoms with van der Waals surface area (Å²) >= 11 is 0. The van der Waals surface area contributed by atoms with Crippen molar-refractivity contribution in [2.45, 2.75) is 6.92 Å². The van der Waals surface area contributed by atoms with E-state index in [0.717, 1.165) is 11.8 Å². The molecule has 7 heteroatoms. The van der Waals surface area contributed by atoms with Gasteiger partial charge in [-0.05, 0) is 25.1 Å². The minimum absolute atomic E-state index is 0.0567. The highest BCUT2D eigenvalue weighted by molar-refractivity contribution is 6.08. The van der Waals surface area contributed by atoms with E-state index in [-0.39, 0.29) is 17.1 Å². The summed E-state index contributed by atoms with van der Waals surface area (Å²) in [4.78, 5) is 27.8. The molecule has 0 atom stereocenters. The zero-order valence-corrected chi connectivity index (χ0v) is 11.6. The van der Waals surface area contributed by atoms with Gasteiger partial charge in [-0.25, -0.2) is 4.98 Å². The van der Waals surface area contributed by atoms with Crippen LogP contribution in [0.2, 0.25) is 0 Å². The van der Waals surface area contributed by atoms with Crippen molar-refractivity contribution in [2.24, 2.45) is 0 Å². The Labute approximate surface area is 121 Å². The summed E-state index contributed by atoms with van der Waals surface area (Å²) in [5, 5.41) is 11.0. The first-order valence-electron chi connectivity index (χ1n) is 6.15. The number of nitrogens with two attached hydrogens (primary N) is 1. The highest BCUT2D eigenvalue weighted by Crippen LogP contribution is 2.23. The molecule has 2 N–H and O–H groups in total. The number of aryl methyl sites for hydroxylation is 1. The summed E-state index contributed by atoms with van der Waals surface area (Å²) in [6, 6.07) is 8.46. The first-order chi connectivity index (χ1) is 9.90. The van der Waals surface area contributed by atoms with Crippen LogP contribution in [0.5, 0.6) is 0 Å². The Hall–Kier alpha value is -2.96. The lowest BCUT2D eigenvalue weighted by atomic mass is 10.1. The van der Waals surface area contributed by atoms with Crippen LogP contribution in [0.1, 0.15) is 15.9 Å². The van der Waals surface area contributed by atoms with Crippen LogP contribution in [0, 0.1) is 17.0 Å². The molecule has 2 rings (SSSR count). The number of pyridine rings is 1. The van der Waals surface area contributed by atoms with Crippen molar-refractivity contribution in [3.8, 4) is 0 Å². The number of benzene rings is 1. The molecule has 0 unspecified atom stereocenters. The third-order valence-electron chi connectivity index (χ3n) is 3.06. The molecule has 21 heavy (non-hydrogen) atoms. The van der Waals surface area contributed by atoms with Gasteiger partial charge in [0.05, 0.1) is 4.92 Å². The highest BCUT2D eigenvalue weighted by Gasteiger charge is 2.24. The van der Waals surface area contributed by atoms with Gasteiger partial charge >= 0.3 is 0 Å². The number of carbonyl (C=O) groups is 1. The molecule has 0 bridgehead atoms. The van der Waals surface area contributed by atoms with Crippen molar-refractivity contribution in [2.75, 3.05) is 17.7 Å². The normalized spacial score (nSPS) is 10.2. The van der Waals surface area contributed by atoms with Gasteiger partial charge < -0.3 is 10.6 Å². The molecule has 2 aromatic rings. The second-order valence-corrected chi connectivity index (χ2v) is 4.58. The van der Waals surface area contributed by atoms with Crippen molar-refractivity contribution in [3.05, 3.63) is 57.8 Å². The largest absolute Gasteiger partial charge is 0.384 e. The van der Waals surface area contributed by atoms with Crippen LogP contribution < -0.4 is 10.6 Å². The maximum Gasteiger partial charge on any atom is 0.300 e. The number of aromatic nitrogens is 1. The highest BCUT2D eigenvalue weighted by atomic mass is 16.6. The predicted molar refractivity (Wildman–Crippen MR) is 79.2 cm³/mol. The molecule has 0 aliphatic rings. The van der Waals surface area contributed by atoms with Crippen LogP contribution in [-0.2, 0) is 0 Å². The Balaban J connectivity index is 2.41. The fourth-order valence-corrected chi connectivity index (χ4v) is 1.85. The molecular formula is C14H14N4O3. The number of anilines is 2. The van der Waals surface area contributed by atoms with Crippen molar-refractivity contribution in [3.63, 3.8) is 0 Å². The number of rotatable bonds is 3. The van der Waals surface area contributed by atoms with Crippen molar-refractivity contribution in [1.29, 1.82) is 0 Å². The Kier molecular flexibility index (Phi) is 3.84. The molecule has 0 saturated carbocycles. The summed E-state index contributed by atoms with van der Waals surface area (Å²) in [6.07, 6.45) is 0.992. The minimum atomic E-state index is -0.650. The van der Waals surface area contributed by atoms with E-state index in [0.29, 0.717) is 5.69 Å². The molecule has 0 saturated heterocycles. The van der Waals surface area contributed by atoms with Gasteiger partial charge in [-0.2, -0.15) is 0 Å². The van der Waals surface area contributed by atoms with E-state index in [9.17, 15) is 14.9 Å². The van der Waals surface area contributed by atoms with Crippen LogP contribution in [0.25, 0.3) is 0 Å². The van der Waals surface area contributed by atoms with E-state index in [1.165, 1.54) is 11.0 Å². The molecule has 1 amide bonds. The third-order valence-corrected chi connectivity index (χ3v) is 3.06. The van der Waals surface area contributed by atoms with Gasteiger partial charge in [0.25, 0.3) is 11.6 Å². The maximum atomic E-state index is 12.4. The van der Waals surface area contributed by atoms with Crippen LogP contribution >= 0.6 is 0 Å². The van der Waals surface area contributed by atoms with Gasteiger partial charge in [0.15, 0.2) is 0 Å². The molecule has 1 aromatic carbocycles. The fraction of sp³-hybridized carbons (Fsp3) is 0.143. The summed E-state index contributed by atoms with van der Waals surface area (Å²) in [5.74, 6) is -0.457. The molecule has 0 radical (unpaired) electrons. The molecule has 0 fully saturated rings. The van der Waals surface area contributed by atoms with Gasteiger partial charge in [-0.1, -0.05) is 17.7 Å². The van der Waals surface area contributed by atoms with Crippen LogP contribution in [0.4, 0.5) is 17.2 Å². The zero-order chi connectivity index (χ0) is 15.6. The summed E-state index contributed by atoms with van der Waals surface area (Å²) in [6.45, 7) is 1.93. The molecule has 1 aromatic heterocycles. The first-order valence-corrected chi connectivity index (χ1v) is 6.15. The van der Waals surface area contributed by atoms with Gasteiger partial charge in [0.1, 0.15) is 17.6 Å². The zero-order valence-electron chi connectivity index (χ0n) is 11.6. The van der Waals surface area contributed by atoms with E-state index in [1.807, 2.05) is 19.1 Å². The molecular weight excluding hydrogens is 272 g/mol. The van der Waals surface area contributed by atoms with E-state index >= 15 is 0 Å². The van der Waals surface area contributed by atoms with Gasteiger partial charge in [-0.3, -0.25) is 14.9 Å². The van der Waals surface area contributed by atoms with E-state index < -0.39 is 10.8 Å². The van der Waals surface area contributed by atoms with Crippen molar-refractivity contribution in [1.82, 2.24) is 4.98 Å². The monoisotopic (exact) mass is 286 g/mol. The maximum absolute atomic E-state index is 12.4. The molecule has 0 spiro atoms. The van der Waals surface area contributed by atoms with Crippen LogP contribution in [0.15, 0.2) is 36.5 Å². The lowest BCUT2D eigenvalue weighted by molar-refractivity contribution is -0.385. The number of amides is 1. The number of nitrogen functional groups attached to an aromatic ring is 1. The van der Waals surface area contributed by atoms with E-state index in [4.69, 9.17) is 5.73 Å². The van der Waals surface area contributed by atoms with Gasteiger partial charge in [0, 0.05) is 12.7 Å². The minimum Gasteiger partial charge on any atom is -0.384 e. The van der Waals surface area contributed by atoms with Gasteiger partial charge in [-0.15, -0.1) is 0 Å². The Bertz CT molecular complexity index is 698. The molecule has 108 valence electrons. The predicted octanol–water partition coefficient (Wildman–Crippen LogP) is 2.16. The lowest BCUT2D eigenvalue weighted by Crippen LogP contribution is -2.27. The Morgan fingerprint density at radius 3 is 2.52 bits per heavy atom. The smallest absolute Gasteiger partial charge is 0.300 e. The Morgan fingerprint density at radius 1 is 1.33 bits per heavy atom. The average molecular weight is 286 g/mol. The molecule has 1 heterocycles. The standard InChI is InChI=1S/C14H14N4O3/c1-9-3-5-10(6-4-9)17(2)14(19)11-7-13(15)16-8-12(11)18(20)21/h3-8H,1-2H3,(H2,15,16). The van der Waals surface area contributed by atoms with Crippen LogP contribution in [-0.4, -0.2) is 22.9 Å². The van der Waals surface area contributed by atoms with E-state index in [2.05, 4.69) is 4.98 Å². The fourth-order valence-electron chi connectivity index (χ4n) is 1.85. The topological polar surface area (TPSA) is 102 Å². The second kappa shape index (κ2) is 5.58. The molecule has 0 aliphatic carbocycles. The van der Waals surface area contributed by atoms with Crippen molar-refractivity contribution >= 4 is 23.1 Å². The lowest BCUT2D eigenvalue weighted by Gasteiger charge is -2.17. The second-order valence-electron chi connectivity index (χ2n) is 4.58. The SMILES string of the molecule is Cc1ccc(N(C)C(=O)c2cc(N)ncc2[N+](=O)[O-])cc1. The average Bonchev–Trinajstić information content (AvgIpc) is 2.46. The summed E-state index contributed by atoms with van der Waals surface area (Å²) in [5.41, 5.74) is 6.75.